The SMILES string of the molecule is CNCc1ccnc(-n2cnc3c2CCCC3)c1. The standard InChI is InChI=1S/C14H18N4/c1-15-9-11-6-7-16-14(8-11)18-10-17-12-4-2-3-5-13(12)18/h6-8,10,15H,2-5,9H2,1H3. The largest absolute Gasteiger partial charge is 0.316 e. The first-order chi connectivity index (χ1) is 8.88. The van der Waals surface area contributed by atoms with Gasteiger partial charge in [-0.1, -0.05) is 0 Å². The zero-order valence-electron chi connectivity index (χ0n) is 10.7. The smallest absolute Gasteiger partial charge is 0.138 e. The summed E-state index contributed by atoms with van der Waals surface area (Å²) in [5, 5.41) is 3.17. The molecule has 0 unspecified atom stereocenters. The zero-order valence-corrected chi connectivity index (χ0v) is 10.7. The zero-order chi connectivity index (χ0) is 12.4. The van der Waals surface area contributed by atoms with Crippen LogP contribution < -0.4 is 5.32 Å². The summed E-state index contributed by atoms with van der Waals surface area (Å²) in [5.41, 5.74) is 3.85. The van der Waals surface area contributed by atoms with Gasteiger partial charge in [-0.2, -0.15) is 0 Å². The first-order valence-electron chi connectivity index (χ1n) is 6.53. The highest BCUT2D eigenvalue weighted by molar-refractivity contribution is 5.32. The van der Waals surface area contributed by atoms with Crippen LogP contribution >= 0.6 is 0 Å². The van der Waals surface area contributed by atoms with Crippen molar-refractivity contribution in [1.29, 1.82) is 0 Å². The molecule has 2 aromatic rings. The number of hydrogen-bond donors (Lipinski definition) is 1. The first kappa shape index (κ1) is 11.4. The van der Waals surface area contributed by atoms with E-state index >= 15 is 0 Å². The van der Waals surface area contributed by atoms with Crippen LogP contribution in [0.25, 0.3) is 5.82 Å². The van der Waals surface area contributed by atoms with Crippen LogP contribution in [0.15, 0.2) is 24.7 Å². The summed E-state index contributed by atoms with van der Waals surface area (Å²) in [6.45, 7) is 0.867. The van der Waals surface area contributed by atoms with E-state index in [1.807, 2.05) is 25.6 Å². The summed E-state index contributed by atoms with van der Waals surface area (Å²) in [5.74, 6) is 0.985. The molecule has 2 aromatic heterocycles. The van der Waals surface area contributed by atoms with Crippen molar-refractivity contribution < 1.29 is 0 Å². The highest BCUT2D eigenvalue weighted by atomic mass is 15.1. The third kappa shape index (κ3) is 2.04. The van der Waals surface area contributed by atoms with E-state index in [0.29, 0.717) is 0 Å². The van der Waals surface area contributed by atoms with Crippen LogP contribution in [0, 0.1) is 0 Å². The van der Waals surface area contributed by atoms with E-state index in [0.717, 1.165) is 25.2 Å². The summed E-state index contributed by atoms with van der Waals surface area (Å²) >= 11 is 0. The predicted molar refractivity (Wildman–Crippen MR) is 70.8 cm³/mol. The van der Waals surface area contributed by atoms with Crippen molar-refractivity contribution >= 4 is 0 Å². The van der Waals surface area contributed by atoms with Crippen molar-refractivity contribution in [2.24, 2.45) is 0 Å². The highest BCUT2D eigenvalue weighted by Gasteiger charge is 2.16. The molecule has 18 heavy (non-hydrogen) atoms. The van der Waals surface area contributed by atoms with Gasteiger partial charge in [0.2, 0.25) is 0 Å². The van der Waals surface area contributed by atoms with Crippen molar-refractivity contribution in [3.8, 4) is 5.82 Å². The predicted octanol–water partition coefficient (Wildman–Crippen LogP) is 1.87. The molecule has 0 saturated carbocycles. The molecule has 0 amide bonds. The van der Waals surface area contributed by atoms with Crippen molar-refractivity contribution in [2.45, 2.75) is 32.2 Å². The molecule has 0 fully saturated rings. The van der Waals surface area contributed by atoms with E-state index in [1.54, 1.807) is 0 Å². The monoisotopic (exact) mass is 242 g/mol. The summed E-state index contributed by atoms with van der Waals surface area (Å²) < 4.78 is 2.15. The second-order valence-corrected chi connectivity index (χ2v) is 4.77. The normalized spacial score (nSPS) is 14.5. The number of nitrogens with zero attached hydrogens (tertiary/aromatic N) is 3. The maximum Gasteiger partial charge on any atom is 0.138 e. The van der Waals surface area contributed by atoms with Crippen LogP contribution in [0.5, 0.6) is 0 Å². The molecular formula is C14H18N4. The lowest BCUT2D eigenvalue weighted by molar-refractivity contribution is 0.654. The Morgan fingerprint density at radius 3 is 3.06 bits per heavy atom. The molecule has 0 aliphatic heterocycles. The molecule has 1 aliphatic carbocycles. The minimum atomic E-state index is 0.867. The Morgan fingerprint density at radius 2 is 2.17 bits per heavy atom. The van der Waals surface area contributed by atoms with Gasteiger partial charge in [0.15, 0.2) is 0 Å². The topological polar surface area (TPSA) is 42.7 Å². The molecule has 0 atom stereocenters. The fourth-order valence-corrected chi connectivity index (χ4v) is 2.57. The van der Waals surface area contributed by atoms with Gasteiger partial charge in [-0.15, -0.1) is 0 Å². The van der Waals surface area contributed by atoms with Gasteiger partial charge in [0.05, 0.1) is 5.69 Å². The number of hydrogen-bond acceptors (Lipinski definition) is 3. The summed E-state index contributed by atoms with van der Waals surface area (Å²) in [6, 6.07) is 4.18. The maximum absolute atomic E-state index is 4.52. The Labute approximate surface area is 107 Å². The summed E-state index contributed by atoms with van der Waals surface area (Å²) in [6.07, 6.45) is 8.54. The van der Waals surface area contributed by atoms with Crippen LogP contribution in [0.3, 0.4) is 0 Å². The summed E-state index contributed by atoms with van der Waals surface area (Å²) in [4.78, 5) is 8.98. The average molecular weight is 242 g/mol. The number of nitrogens with one attached hydrogen (secondary N) is 1. The first-order valence-corrected chi connectivity index (χ1v) is 6.53. The minimum Gasteiger partial charge on any atom is -0.316 e. The lowest BCUT2D eigenvalue weighted by atomic mass is 10.0. The fourth-order valence-electron chi connectivity index (χ4n) is 2.57. The van der Waals surface area contributed by atoms with Crippen molar-refractivity contribution in [3.63, 3.8) is 0 Å². The molecular weight excluding hydrogens is 224 g/mol. The molecule has 1 N–H and O–H groups in total. The quantitative estimate of drug-likeness (QED) is 0.893. The van der Waals surface area contributed by atoms with Gasteiger partial charge in [0.25, 0.3) is 0 Å². The van der Waals surface area contributed by atoms with Gasteiger partial charge in [0.1, 0.15) is 12.1 Å². The number of rotatable bonds is 3. The molecule has 0 spiro atoms. The third-order valence-corrected chi connectivity index (χ3v) is 3.47. The average Bonchev–Trinajstić information content (AvgIpc) is 2.83. The molecule has 0 radical (unpaired) electrons. The van der Waals surface area contributed by atoms with E-state index in [2.05, 4.69) is 25.9 Å². The number of aryl methyl sites for hydroxylation is 1. The molecule has 0 aromatic carbocycles. The van der Waals surface area contributed by atoms with Crippen molar-refractivity contribution in [1.82, 2.24) is 19.9 Å². The molecule has 4 heteroatoms. The van der Waals surface area contributed by atoms with Crippen LogP contribution in [-0.4, -0.2) is 21.6 Å². The number of aromatic nitrogens is 3. The molecule has 4 nitrogen and oxygen atoms in total. The Bertz CT molecular complexity index is 544. The Balaban J connectivity index is 1.99. The molecule has 0 saturated heterocycles. The second-order valence-electron chi connectivity index (χ2n) is 4.77. The lowest BCUT2D eigenvalue weighted by Gasteiger charge is -2.13. The maximum atomic E-state index is 4.52. The van der Waals surface area contributed by atoms with E-state index in [9.17, 15) is 0 Å². The molecule has 1 aliphatic rings. The van der Waals surface area contributed by atoms with Crippen LogP contribution in [0.1, 0.15) is 29.8 Å². The number of pyridine rings is 1. The second kappa shape index (κ2) is 4.90. The summed E-state index contributed by atoms with van der Waals surface area (Å²) in [7, 11) is 1.96. The van der Waals surface area contributed by atoms with Crippen molar-refractivity contribution in [3.05, 3.63) is 41.6 Å². The van der Waals surface area contributed by atoms with Gasteiger partial charge < -0.3 is 5.32 Å². The van der Waals surface area contributed by atoms with E-state index in [-0.39, 0.29) is 0 Å². The minimum absolute atomic E-state index is 0.867. The van der Waals surface area contributed by atoms with Crippen molar-refractivity contribution in [2.75, 3.05) is 7.05 Å². The van der Waals surface area contributed by atoms with E-state index in [4.69, 9.17) is 0 Å². The van der Waals surface area contributed by atoms with Gasteiger partial charge in [-0.25, -0.2) is 9.97 Å². The van der Waals surface area contributed by atoms with Crippen LogP contribution in [-0.2, 0) is 19.4 Å². The Morgan fingerprint density at radius 1 is 1.28 bits per heavy atom. The number of imidazole rings is 1. The van der Waals surface area contributed by atoms with Gasteiger partial charge in [-0.3, -0.25) is 4.57 Å². The number of fused-ring (bicyclic) bond motifs is 1. The lowest BCUT2D eigenvalue weighted by Crippen LogP contribution is -2.09. The Hall–Kier alpha value is -1.68. The molecule has 94 valence electrons. The van der Waals surface area contributed by atoms with E-state index < -0.39 is 0 Å². The molecule has 0 bridgehead atoms. The highest BCUT2D eigenvalue weighted by Crippen LogP contribution is 2.22. The molecule has 3 rings (SSSR count). The fraction of sp³-hybridized carbons (Fsp3) is 0.429. The van der Waals surface area contributed by atoms with Crippen LogP contribution in [0.2, 0.25) is 0 Å². The Kier molecular flexibility index (Phi) is 3.11. The van der Waals surface area contributed by atoms with Gasteiger partial charge in [-0.05, 0) is 50.4 Å². The van der Waals surface area contributed by atoms with E-state index in [1.165, 1.54) is 29.8 Å². The van der Waals surface area contributed by atoms with Gasteiger partial charge in [0, 0.05) is 18.4 Å². The third-order valence-electron chi connectivity index (χ3n) is 3.47. The van der Waals surface area contributed by atoms with Gasteiger partial charge >= 0.3 is 0 Å². The van der Waals surface area contributed by atoms with Crippen LogP contribution in [0.4, 0.5) is 0 Å². The molecule has 2 heterocycles.